The Kier molecular flexibility index (Phi) is 6.84. The molecule has 0 aliphatic carbocycles. The minimum atomic E-state index is -1.27. The van der Waals surface area contributed by atoms with Crippen molar-refractivity contribution >= 4 is 23.6 Å². The highest BCUT2D eigenvalue weighted by Gasteiger charge is 2.37. The predicted octanol–water partition coefficient (Wildman–Crippen LogP) is 0.697. The van der Waals surface area contributed by atoms with E-state index in [1.807, 2.05) is 0 Å². The van der Waals surface area contributed by atoms with Crippen molar-refractivity contribution in [1.82, 2.24) is 15.1 Å². The van der Waals surface area contributed by atoms with Gasteiger partial charge in [-0.15, -0.1) is 11.8 Å². The average Bonchev–Trinajstić information content (AvgIpc) is 3.16. The third-order valence-electron chi connectivity index (χ3n) is 4.86. The molecular formula is C18H23F3N4O2S. The fourth-order valence-corrected chi connectivity index (χ4v) is 4.61. The standard InChI is InChI=1S/C18H23F3N4O2S/c19-13-10-15(21)14(20)8-11(13)7-12(22)9-16(26)25-5-6-28-18(25)17(27)24-3-1-23-2-4-24/h8,10,12,18,23H,1-7,9,22H2/t12-,18?/m1/s1. The van der Waals surface area contributed by atoms with Gasteiger partial charge in [0.1, 0.15) is 5.82 Å². The van der Waals surface area contributed by atoms with E-state index in [0.717, 1.165) is 19.2 Å². The van der Waals surface area contributed by atoms with E-state index in [1.54, 1.807) is 4.90 Å². The molecule has 0 saturated carbocycles. The van der Waals surface area contributed by atoms with Crippen LogP contribution in [-0.2, 0) is 16.0 Å². The molecule has 0 aromatic heterocycles. The van der Waals surface area contributed by atoms with Crippen molar-refractivity contribution in [2.75, 3.05) is 38.5 Å². The van der Waals surface area contributed by atoms with Crippen LogP contribution in [0.2, 0.25) is 0 Å². The Morgan fingerprint density at radius 1 is 1.14 bits per heavy atom. The lowest BCUT2D eigenvalue weighted by molar-refractivity contribution is -0.141. The lowest BCUT2D eigenvalue weighted by Crippen LogP contribution is -2.53. The predicted molar refractivity (Wildman–Crippen MR) is 100 cm³/mol. The molecule has 2 saturated heterocycles. The first kappa shape index (κ1) is 20.9. The van der Waals surface area contributed by atoms with Crippen LogP contribution in [0.15, 0.2) is 12.1 Å². The van der Waals surface area contributed by atoms with Gasteiger partial charge in [-0.3, -0.25) is 9.59 Å². The summed E-state index contributed by atoms with van der Waals surface area (Å²) in [6.07, 6.45) is -0.212. The molecule has 2 atom stereocenters. The summed E-state index contributed by atoms with van der Waals surface area (Å²) in [6, 6.07) is 0.461. The fourth-order valence-electron chi connectivity index (χ4n) is 3.39. The summed E-state index contributed by atoms with van der Waals surface area (Å²) in [5.41, 5.74) is 5.87. The van der Waals surface area contributed by atoms with Crippen molar-refractivity contribution in [3.05, 3.63) is 35.1 Å². The maximum atomic E-state index is 13.8. The van der Waals surface area contributed by atoms with Crippen molar-refractivity contribution in [3.8, 4) is 0 Å². The maximum Gasteiger partial charge on any atom is 0.255 e. The summed E-state index contributed by atoms with van der Waals surface area (Å²) in [6.45, 7) is 3.10. The minimum Gasteiger partial charge on any atom is -0.338 e. The number of hydrogen-bond acceptors (Lipinski definition) is 5. The first-order valence-electron chi connectivity index (χ1n) is 9.16. The SMILES string of the molecule is N[C@@H](CC(=O)N1CCSC1C(=O)N1CCNCC1)Cc1cc(F)c(F)cc1F. The maximum absolute atomic E-state index is 13.8. The highest BCUT2D eigenvalue weighted by molar-refractivity contribution is 8.00. The molecule has 0 bridgehead atoms. The minimum absolute atomic E-state index is 0.0801. The van der Waals surface area contributed by atoms with Gasteiger partial charge in [-0.25, -0.2) is 13.2 Å². The number of rotatable bonds is 5. The normalized spacial score (nSPS) is 21.1. The van der Waals surface area contributed by atoms with E-state index in [2.05, 4.69) is 5.32 Å². The van der Waals surface area contributed by atoms with Gasteiger partial charge in [-0.1, -0.05) is 0 Å². The smallest absolute Gasteiger partial charge is 0.255 e. The van der Waals surface area contributed by atoms with Crippen LogP contribution >= 0.6 is 11.8 Å². The molecule has 6 nitrogen and oxygen atoms in total. The summed E-state index contributed by atoms with van der Waals surface area (Å²) in [7, 11) is 0. The molecule has 3 rings (SSSR count). The zero-order chi connectivity index (χ0) is 20.3. The van der Waals surface area contributed by atoms with Gasteiger partial charge in [0.2, 0.25) is 5.91 Å². The molecule has 1 aromatic rings. The van der Waals surface area contributed by atoms with Gasteiger partial charge in [0.25, 0.3) is 5.91 Å². The molecular weight excluding hydrogens is 393 g/mol. The Hall–Kier alpha value is -1.78. The van der Waals surface area contributed by atoms with Gasteiger partial charge in [0.05, 0.1) is 0 Å². The number of benzene rings is 1. The molecule has 2 fully saturated rings. The first-order valence-corrected chi connectivity index (χ1v) is 10.2. The Morgan fingerprint density at radius 2 is 1.82 bits per heavy atom. The van der Waals surface area contributed by atoms with Gasteiger partial charge in [-0.2, -0.15) is 0 Å². The molecule has 2 heterocycles. The van der Waals surface area contributed by atoms with Crippen molar-refractivity contribution in [2.24, 2.45) is 5.73 Å². The van der Waals surface area contributed by atoms with E-state index in [1.165, 1.54) is 16.7 Å². The van der Waals surface area contributed by atoms with Crippen LogP contribution in [0, 0.1) is 17.5 Å². The van der Waals surface area contributed by atoms with E-state index in [-0.39, 0.29) is 30.2 Å². The summed E-state index contributed by atoms with van der Waals surface area (Å²) in [5, 5.41) is 2.61. The van der Waals surface area contributed by atoms with Gasteiger partial charge in [-0.05, 0) is 18.1 Å². The van der Waals surface area contributed by atoms with Crippen molar-refractivity contribution in [2.45, 2.75) is 24.3 Å². The monoisotopic (exact) mass is 416 g/mol. The van der Waals surface area contributed by atoms with Crippen LogP contribution in [0.5, 0.6) is 0 Å². The summed E-state index contributed by atoms with van der Waals surface area (Å²) < 4.78 is 40.1. The van der Waals surface area contributed by atoms with Gasteiger partial charge >= 0.3 is 0 Å². The molecule has 0 radical (unpaired) electrons. The molecule has 154 valence electrons. The number of nitrogens with two attached hydrogens (primary N) is 1. The zero-order valence-electron chi connectivity index (χ0n) is 15.3. The van der Waals surface area contributed by atoms with Gasteiger partial charge in [0, 0.05) is 57.0 Å². The molecule has 1 unspecified atom stereocenters. The second-order valence-corrected chi connectivity index (χ2v) is 8.10. The molecule has 10 heteroatoms. The zero-order valence-corrected chi connectivity index (χ0v) is 16.1. The molecule has 3 N–H and O–H groups in total. The van der Waals surface area contributed by atoms with Crippen LogP contribution in [0.4, 0.5) is 13.2 Å². The number of halogens is 3. The highest BCUT2D eigenvalue weighted by atomic mass is 32.2. The number of amides is 2. The lowest BCUT2D eigenvalue weighted by atomic mass is 10.0. The van der Waals surface area contributed by atoms with Crippen molar-refractivity contribution in [3.63, 3.8) is 0 Å². The van der Waals surface area contributed by atoms with E-state index in [0.29, 0.717) is 31.5 Å². The Balaban J connectivity index is 1.60. The summed E-state index contributed by atoms with van der Waals surface area (Å²) >= 11 is 1.42. The average molecular weight is 416 g/mol. The second kappa shape index (κ2) is 9.15. The highest BCUT2D eigenvalue weighted by Crippen LogP contribution is 2.27. The second-order valence-electron chi connectivity index (χ2n) is 6.91. The van der Waals surface area contributed by atoms with E-state index < -0.39 is 28.9 Å². The number of piperazine rings is 1. The summed E-state index contributed by atoms with van der Waals surface area (Å²) in [5.74, 6) is -3.06. The van der Waals surface area contributed by atoms with Crippen LogP contribution in [0.1, 0.15) is 12.0 Å². The van der Waals surface area contributed by atoms with Gasteiger partial charge < -0.3 is 20.9 Å². The molecule has 2 aliphatic heterocycles. The quantitative estimate of drug-likeness (QED) is 0.691. The Bertz CT molecular complexity index is 746. The van der Waals surface area contributed by atoms with Crippen molar-refractivity contribution in [1.29, 1.82) is 0 Å². The topological polar surface area (TPSA) is 78.7 Å². The number of nitrogens with zero attached hydrogens (tertiary/aromatic N) is 2. The third-order valence-corrected chi connectivity index (χ3v) is 6.05. The number of carbonyl (C=O) groups is 2. The molecule has 2 amide bonds. The Morgan fingerprint density at radius 3 is 2.54 bits per heavy atom. The van der Waals surface area contributed by atoms with E-state index in [4.69, 9.17) is 5.73 Å². The first-order chi connectivity index (χ1) is 13.4. The number of thioether (sulfide) groups is 1. The fraction of sp³-hybridized carbons (Fsp3) is 0.556. The van der Waals surface area contributed by atoms with Crippen molar-refractivity contribution < 1.29 is 22.8 Å². The number of hydrogen-bond donors (Lipinski definition) is 2. The number of nitrogens with one attached hydrogen (secondary N) is 1. The number of carbonyl (C=O) groups excluding carboxylic acids is 2. The molecule has 0 spiro atoms. The molecule has 28 heavy (non-hydrogen) atoms. The molecule has 2 aliphatic rings. The molecule has 1 aromatic carbocycles. The van der Waals surface area contributed by atoms with Crippen LogP contribution in [-0.4, -0.2) is 71.5 Å². The third kappa shape index (κ3) is 4.79. The largest absolute Gasteiger partial charge is 0.338 e. The lowest BCUT2D eigenvalue weighted by Gasteiger charge is -2.32. The van der Waals surface area contributed by atoms with Crippen LogP contribution < -0.4 is 11.1 Å². The van der Waals surface area contributed by atoms with Crippen LogP contribution in [0.25, 0.3) is 0 Å². The van der Waals surface area contributed by atoms with Gasteiger partial charge in [0.15, 0.2) is 17.0 Å². The summed E-state index contributed by atoms with van der Waals surface area (Å²) in [4.78, 5) is 28.7. The Labute approximate surface area is 165 Å². The van der Waals surface area contributed by atoms with E-state index in [9.17, 15) is 22.8 Å². The van der Waals surface area contributed by atoms with E-state index >= 15 is 0 Å². The van der Waals surface area contributed by atoms with Crippen LogP contribution in [0.3, 0.4) is 0 Å².